The fraction of sp³-hybridized carbons (Fsp3) is 0.333. The molecule has 0 saturated heterocycles. The van der Waals surface area contributed by atoms with Gasteiger partial charge in [0.15, 0.2) is 0 Å². The number of aliphatic hydroxyl groups is 1. The van der Waals surface area contributed by atoms with Crippen molar-refractivity contribution in [2.24, 2.45) is 5.73 Å². The molecule has 0 radical (unpaired) electrons. The van der Waals surface area contributed by atoms with E-state index in [1.807, 2.05) is 0 Å². The van der Waals surface area contributed by atoms with Crippen molar-refractivity contribution in [3.63, 3.8) is 0 Å². The van der Waals surface area contributed by atoms with Gasteiger partial charge in [-0.3, -0.25) is 0 Å². The van der Waals surface area contributed by atoms with Crippen LogP contribution < -0.4 is 11.5 Å². The number of halogens is 1. The van der Waals surface area contributed by atoms with E-state index in [2.05, 4.69) is 0 Å². The summed E-state index contributed by atoms with van der Waals surface area (Å²) < 4.78 is 13.2. The van der Waals surface area contributed by atoms with Crippen LogP contribution in [0.5, 0.6) is 0 Å². The summed E-state index contributed by atoms with van der Waals surface area (Å²) in [7, 11) is 0. The van der Waals surface area contributed by atoms with Crippen LogP contribution >= 0.6 is 0 Å². The molecule has 4 heteroatoms. The van der Waals surface area contributed by atoms with Crippen molar-refractivity contribution in [2.75, 3.05) is 5.73 Å². The molecule has 3 nitrogen and oxygen atoms in total. The zero-order chi connectivity index (χ0) is 10.0. The predicted octanol–water partition coefficient (Wildman–Crippen LogP) is 0.788. The van der Waals surface area contributed by atoms with Crippen LogP contribution in [0.4, 0.5) is 10.1 Å². The first-order valence-corrected chi connectivity index (χ1v) is 4.01. The number of rotatable bonds is 2. The van der Waals surface area contributed by atoms with E-state index in [1.54, 1.807) is 6.07 Å². The average molecular weight is 184 g/mol. The van der Waals surface area contributed by atoms with Crippen LogP contribution in [0.25, 0.3) is 0 Å². The molecule has 0 fully saturated rings. The molecular formula is C9H13FN2O. The number of benzene rings is 1. The highest BCUT2D eigenvalue weighted by atomic mass is 19.1. The van der Waals surface area contributed by atoms with Crippen molar-refractivity contribution < 1.29 is 9.50 Å². The van der Waals surface area contributed by atoms with Crippen LogP contribution in [0.2, 0.25) is 0 Å². The summed E-state index contributed by atoms with van der Waals surface area (Å²) in [4.78, 5) is 0. The number of nitrogen functional groups attached to an aromatic ring is 1. The molecule has 0 saturated carbocycles. The zero-order valence-corrected chi connectivity index (χ0v) is 7.37. The summed E-state index contributed by atoms with van der Waals surface area (Å²) in [6.07, 6.45) is -0.820. The van der Waals surface area contributed by atoms with Crippen molar-refractivity contribution >= 4 is 5.69 Å². The first-order valence-electron chi connectivity index (χ1n) is 4.01. The van der Waals surface area contributed by atoms with E-state index < -0.39 is 18.0 Å². The zero-order valence-electron chi connectivity index (χ0n) is 7.37. The summed E-state index contributed by atoms with van der Waals surface area (Å²) in [5, 5.41) is 9.18. The second-order valence-electron chi connectivity index (χ2n) is 3.01. The van der Waals surface area contributed by atoms with E-state index in [0.717, 1.165) is 0 Å². The SMILES string of the molecule is C[C@@H](O)[C@@H](N)c1c(N)cccc1F. The van der Waals surface area contributed by atoms with Gasteiger partial charge >= 0.3 is 0 Å². The van der Waals surface area contributed by atoms with Gasteiger partial charge < -0.3 is 16.6 Å². The standard InChI is InChI=1S/C9H13FN2O/c1-5(13)9(12)8-6(10)3-2-4-7(8)11/h2-5,9,13H,11-12H2,1H3/t5-,9-/m1/s1. The number of anilines is 1. The molecule has 13 heavy (non-hydrogen) atoms. The summed E-state index contributed by atoms with van der Waals surface area (Å²) in [6, 6.07) is 3.55. The maximum atomic E-state index is 13.2. The summed E-state index contributed by atoms with van der Waals surface area (Å²) >= 11 is 0. The lowest BCUT2D eigenvalue weighted by Crippen LogP contribution is -2.25. The van der Waals surface area contributed by atoms with E-state index >= 15 is 0 Å². The Labute approximate surface area is 76.2 Å². The molecule has 0 aromatic heterocycles. The highest BCUT2D eigenvalue weighted by Gasteiger charge is 2.18. The molecule has 72 valence electrons. The fourth-order valence-electron chi connectivity index (χ4n) is 1.15. The lowest BCUT2D eigenvalue weighted by molar-refractivity contribution is 0.163. The number of nitrogens with two attached hydrogens (primary N) is 2. The summed E-state index contributed by atoms with van der Waals surface area (Å²) in [6.45, 7) is 1.50. The number of hydrogen-bond donors (Lipinski definition) is 3. The third-order valence-electron chi connectivity index (χ3n) is 1.94. The highest BCUT2D eigenvalue weighted by molar-refractivity contribution is 5.49. The van der Waals surface area contributed by atoms with E-state index in [4.69, 9.17) is 11.5 Å². The Bertz CT molecular complexity index is 281. The summed E-state index contributed by atoms with van der Waals surface area (Å²) in [5.74, 6) is -0.478. The van der Waals surface area contributed by atoms with Crippen LogP contribution in [0.3, 0.4) is 0 Å². The van der Waals surface area contributed by atoms with Crippen molar-refractivity contribution in [3.8, 4) is 0 Å². The normalized spacial score (nSPS) is 15.4. The Kier molecular flexibility index (Phi) is 2.85. The Hall–Kier alpha value is -1.13. The Morgan fingerprint density at radius 2 is 2.08 bits per heavy atom. The van der Waals surface area contributed by atoms with E-state index in [9.17, 15) is 9.50 Å². The molecule has 0 bridgehead atoms. The number of hydrogen-bond acceptors (Lipinski definition) is 3. The second-order valence-corrected chi connectivity index (χ2v) is 3.01. The molecule has 0 aliphatic rings. The molecule has 0 unspecified atom stereocenters. The monoisotopic (exact) mass is 184 g/mol. The van der Waals surface area contributed by atoms with Gasteiger partial charge in [-0.15, -0.1) is 0 Å². The van der Waals surface area contributed by atoms with Gasteiger partial charge in [0.1, 0.15) is 5.82 Å². The number of aliphatic hydroxyl groups excluding tert-OH is 1. The minimum absolute atomic E-state index is 0.178. The topological polar surface area (TPSA) is 72.3 Å². The van der Waals surface area contributed by atoms with E-state index in [0.29, 0.717) is 0 Å². The van der Waals surface area contributed by atoms with Crippen LogP contribution in [0.15, 0.2) is 18.2 Å². The molecule has 1 aromatic carbocycles. The Balaban J connectivity index is 3.12. The minimum Gasteiger partial charge on any atom is -0.398 e. The predicted molar refractivity (Wildman–Crippen MR) is 49.4 cm³/mol. The van der Waals surface area contributed by atoms with Gasteiger partial charge in [-0.1, -0.05) is 6.07 Å². The van der Waals surface area contributed by atoms with Gasteiger partial charge in [0.25, 0.3) is 0 Å². The maximum absolute atomic E-state index is 13.2. The van der Waals surface area contributed by atoms with Gasteiger partial charge in [0.05, 0.1) is 12.1 Å². The van der Waals surface area contributed by atoms with E-state index in [1.165, 1.54) is 19.1 Å². The highest BCUT2D eigenvalue weighted by Crippen LogP contribution is 2.23. The largest absolute Gasteiger partial charge is 0.398 e. The van der Waals surface area contributed by atoms with Crippen LogP contribution in [0.1, 0.15) is 18.5 Å². The van der Waals surface area contributed by atoms with Crippen molar-refractivity contribution in [1.29, 1.82) is 0 Å². The third kappa shape index (κ3) is 1.96. The average Bonchev–Trinajstić information content (AvgIpc) is 2.03. The van der Waals surface area contributed by atoms with Gasteiger partial charge in [-0.25, -0.2) is 4.39 Å². The smallest absolute Gasteiger partial charge is 0.130 e. The van der Waals surface area contributed by atoms with Crippen LogP contribution in [-0.4, -0.2) is 11.2 Å². The van der Waals surface area contributed by atoms with Crippen molar-refractivity contribution in [1.82, 2.24) is 0 Å². The van der Waals surface area contributed by atoms with Gasteiger partial charge in [0.2, 0.25) is 0 Å². The lowest BCUT2D eigenvalue weighted by Gasteiger charge is -2.17. The van der Waals surface area contributed by atoms with Gasteiger partial charge in [-0.2, -0.15) is 0 Å². The molecule has 5 N–H and O–H groups in total. The van der Waals surface area contributed by atoms with Crippen molar-refractivity contribution in [3.05, 3.63) is 29.6 Å². The first kappa shape index (κ1) is 9.95. The fourth-order valence-corrected chi connectivity index (χ4v) is 1.15. The molecule has 0 heterocycles. The molecule has 0 spiro atoms. The molecule has 0 aliphatic carbocycles. The quantitative estimate of drug-likeness (QED) is 0.595. The summed E-state index contributed by atoms with van der Waals surface area (Å²) in [5.41, 5.74) is 11.5. The maximum Gasteiger partial charge on any atom is 0.130 e. The molecule has 0 aliphatic heterocycles. The third-order valence-corrected chi connectivity index (χ3v) is 1.94. The molecule has 1 rings (SSSR count). The van der Waals surface area contributed by atoms with E-state index in [-0.39, 0.29) is 11.3 Å². The van der Waals surface area contributed by atoms with Crippen LogP contribution in [0, 0.1) is 5.82 Å². The molecule has 0 amide bonds. The molecular weight excluding hydrogens is 171 g/mol. The first-order chi connectivity index (χ1) is 6.04. The Morgan fingerprint density at radius 3 is 2.54 bits per heavy atom. The van der Waals surface area contributed by atoms with Gasteiger partial charge in [0, 0.05) is 11.3 Å². The molecule has 1 aromatic rings. The van der Waals surface area contributed by atoms with Crippen LogP contribution in [-0.2, 0) is 0 Å². The second kappa shape index (κ2) is 3.72. The van der Waals surface area contributed by atoms with Gasteiger partial charge in [-0.05, 0) is 19.1 Å². The van der Waals surface area contributed by atoms with Crippen molar-refractivity contribution in [2.45, 2.75) is 19.1 Å². The lowest BCUT2D eigenvalue weighted by atomic mass is 10.0. The minimum atomic E-state index is -0.820. The Morgan fingerprint density at radius 1 is 1.46 bits per heavy atom. The molecule has 2 atom stereocenters.